The number of nitrogens with zero attached hydrogens (tertiary/aromatic N) is 2. The second kappa shape index (κ2) is 6.32. The lowest BCUT2D eigenvalue weighted by atomic mass is 10.2. The van der Waals surface area contributed by atoms with E-state index in [0.29, 0.717) is 10.6 Å². The maximum Gasteiger partial charge on any atom is 0.328 e. The van der Waals surface area contributed by atoms with Crippen LogP contribution in [0.3, 0.4) is 0 Å². The van der Waals surface area contributed by atoms with Crippen LogP contribution in [-0.4, -0.2) is 21.9 Å². The molecule has 0 aliphatic heterocycles. The van der Waals surface area contributed by atoms with Crippen LogP contribution in [0.4, 0.5) is 10.7 Å². The summed E-state index contributed by atoms with van der Waals surface area (Å²) in [5, 5.41) is 5.12. The van der Waals surface area contributed by atoms with Crippen LogP contribution in [0.5, 0.6) is 0 Å². The van der Waals surface area contributed by atoms with E-state index in [-0.39, 0.29) is 5.95 Å². The van der Waals surface area contributed by atoms with Gasteiger partial charge in [-0.15, -0.1) is 0 Å². The first-order valence-corrected chi connectivity index (χ1v) is 6.52. The Kier molecular flexibility index (Phi) is 4.49. The van der Waals surface area contributed by atoms with Crippen molar-refractivity contribution in [3.05, 3.63) is 52.3 Å². The van der Waals surface area contributed by atoms with Gasteiger partial charge in [0.1, 0.15) is 0 Å². The fraction of sp³-hybridized carbons (Fsp3) is 0.143. The molecule has 2 aromatic rings. The van der Waals surface area contributed by atoms with Gasteiger partial charge in [-0.25, -0.2) is 14.8 Å². The molecule has 2 N–H and O–H groups in total. The lowest BCUT2D eigenvalue weighted by Gasteiger charge is -2.07. The van der Waals surface area contributed by atoms with Crippen LogP contribution in [0, 0.1) is 13.8 Å². The molecule has 0 aliphatic carbocycles. The fourth-order valence-electron chi connectivity index (χ4n) is 1.69. The number of carbonyl (C=O) groups is 2. The second-order valence-electron chi connectivity index (χ2n) is 4.39. The molecule has 0 radical (unpaired) electrons. The number of carbonyl (C=O) groups excluding carboxylic acids is 2. The van der Waals surface area contributed by atoms with Gasteiger partial charge in [-0.2, -0.15) is 0 Å². The summed E-state index contributed by atoms with van der Waals surface area (Å²) in [6, 6.07) is 7.28. The summed E-state index contributed by atoms with van der Waals surface area (Å²) in [4.78, 5) is 31.7. The van der Waals surface area contributed by atoms with Gasteiger partial charge in [-0.05, 0) is 44.2 Å². The van der Waals surface area contributed by atoms with Crippen molar-refractivity contribution in [3.63, 3.8) is 0 Å². The number of aromatic nitrogens is 2. The zero-order chi connectivity index (χ0) is 15.4. The number of nitrogens with one attached hydrogen (secondary N) is 2. The first-order valence-electron chi connectivity index (χ1n) is 6.14. The number of benzene rings is 1. The maximum atomic E-state index is 11.8. The molecule has 3 amide bonds. The largest absolute Gasteiger partial charge is 0.328 e. The maximum absolute atomic E-state index is 11.8. The molecule has 0 aliphatic rings. The number of imide groups is 1. The highest BCUT2D eigenvalue weighted by atomic mass is 35.5. The monoisotopic (exact) mass is 304 g/mol. The van der Waals surface area contributed by atoms with Crippen molar-refractivity contribution in [1.82, 2.24) is 15.3 Å². The molecular formula is C14H13ClN4O2. The molecule has 1 heterocycles. The Balaban J connectivity index is 2.01. The second-order valence-corrected chi connectivity index (χ2v) is 4.83. The third-order valence-corrected chi connectivity index (χ3v) is 2.79. The summed E-state index contributed by atoms with van der Waals surface area (Å²) >= 11 is 5.73. The minimum atomic E-state index is -0.694. The van der Waals surface area contributed by atoms with E-state index < -0.39 is 11.9 Å². The van der Waals surface area contributed by atoms with E-state index in [1.54, 1.807) is 32.0 Å². The third kappa shape index (κ3) is 4.25. The molecule has 0 unspecified atom stereocenters. The molecule has 7 heteroatoms. The predicted molar refractivity (Wildman–Crippen MR) is 79.4 cm³/mol. The molecule has 6 nitrogen and oxygen atoms in total. The topological polar surface area (TPSA) is 84.0 Å². The van der Waals surface area contributed by atoms with Crippen LogP contribution >= 0.6 is 11.6 Å². The van der Waals surface area contributed by atoms with E-state index >= 15 is 0 Å². The number of urea groups is 1. The normalized spacial score (nSPS) is 10.0. The smallest absolute Gasteiger partial charge is 0.276 e. The van der Waals surface area contributed by atoms with Gasteiger partial charge in [0, 0.05) is 22.0 Å². The highest BCUT2D eigenvalue weighted by Gasteiger charge is 2.11. The molecule has 1 aromatic heterocycles. The molecular weight excluding hydrogens is 292 g/mol. The van der Waals surface area contributed by atoms with E-state index in [1.807, 2.05) is 0 Å². The Morgan fingerprint density at radius 2 is 1.62 bits per heavy atom. The number of aryl methyl sites for hydroxylation is 2. The van der Waals surface area contributed by atoms with E-state index in [9.17, 15) is 9.59 Å². The zero-order valence-corrected chi connectivity index (χ0v) is 12.2. The number of hydrogen-bond acceptors (Lipinski definition) is 4. The van der Waals surface area contributed by atoms with Crippen LogP contribution in [-0.2, 0) is 0 Å². The minimum absolute atomic E-state index is 0.147. The summed E-state index contributed by atoms with van der Waals surface area (Å²) in [6.07, 6.45) is 0. The van der Waals surface area contributed by atoms with Gasteiger partial charge < -0.3 is 0 Å². The van der Waals surface area contributed by atoms with Gasteiger partial charge in [0.25, 0.3) is 5.91 Å². The van der Waals surface area contributed by atoms with Crippen molar-refractivity contribution >= 4 is 29.5 Å². The SMILES string of the molecule is Cc1cc(C)nc(NC(=O)NC(=O)c2ccc(Cl)cc2)n1. The van der Waals surface area contributed by atoms with E-state index in [4.69, 9.17) is 11.6 Å². The predicted octanol–water partition coefficient (Wildman–Crippen LogP) is 2.71. The zero-order valence-electron chi connectivity index (χ0n) is 11.5. The Morgan fingerprint density at radius 3 is 2.19 bits per heavy atom. The lowest BCUT2D eigenvalue weighted by Crippen LogP contribution is -2.34. The van der Waals surface area contributed by atoms with Gasteiger partial charge in [-0.3, -0.25) is 15.4 Å². The quantitative estimate of drug-likeness (QED) is 0.893. The van der Waals surface area contributed by atoms with Crippen molar-refractivity contribution in [2.75, 3.05) is 5.32 Å². The summed E-state index contributed by atoms with van der Waals surface area (Å²) in [6.45, 7) is 3.58. The standard InChI is InChI=1S/C14H13ClN4O2/c1-8-7-9(2)17-13(16-8)19-14(21)18-12(20)10-3-5-11(15)6-4-10/h3-7H,1-2H3,(H2,16,17,18,19,20,21). The molecule has 21 heavy (non-hydrogen) atoms. The molecule has 0 spiro atoms. The number of rotatable bonds is 2. The molecule has 0 saturated heterocycles. The van der Waals surface area contributed by atoms with Crippen molar-refractivity contribution in [2.24, 2.45) is 0 Å². The summed E-state index contributed by atoms with van der Waals surface area (Å²) in [5.74, 6) is -0.387. The van der Waals surface area contributed by atoms with E-state index in [2.05, 4.69) is 20.6 Å². The Hall–Kier alpha value is -2.47. The van der Waals surface area contributed by atoms with Crippen LogP contribution in [0.15, 0.2) is 30.3 Å². The first kappa shape index (κ1) is 14.9. The highest BCUT2D eigenvalue weighted by molar-refractivity contribution is 6.30. The third-order valence-electron chi connectivity index (χ3n) is 2.54. The Bertz CT molecular complexity index is 666. The van der Waals surface area contributed by atoms with Crippen LogP contribution < -0.4 is 10.6 Å². The van der Waals surface area contributed by atoms with Gasteiger partial charge in [-0.1, -0.05) is 11.6 Å². The van der Waals surface area contributed by atoms with Gasteiger partial charge >= 0.3 is 6.03 Å². The van der Waals surface area contributed by atoms with E-state index in [0.717, 1.165) is 11.4 Å². The Morgan fingerprint density at radius 1 is 1.05 bits per heavy atom. The van der Waals surface area contributed by atoms with Gasteiger partial charge in [0.15, 0.2) is 0 Å². The lowest BCUT2D eigenvalue weighted by molar-refractivity contribution is 0.0967. The van der Waals surface area contributed by atoms with Crippen molar-refractivity contribution in [1.29, 1.82) is 0 Å². The van der Waals surface area contributed by atoms with E-state index in [1.165, 1.54) is 12.1 Å². The van der Waals surface area contributed by atoms with Crippen molar-refractivity contribution in [2.45, 2.75) is 13.8 Å². The van der Waals surface area contributed by atoms with Crippen LogP contribution in [0.2, 0.25) is 5.02 Å². The molecule has 1 aromatic carbocycles. The molecule has 0 atom stereocenters. The van der Waals surface area contributed by atoms with Gasteiger partial charge in [0.05, 0.1) is 0 Å². The Labute approximate surface area is 126 Å². The summed E-state index contributed by atoms with van der Waals surface area (Å²) in [7, 11) is 0. The van der Waals surface area contributed by atoms with Crippen molar-refractivity contribution in [3.8, 4) is 0 Å². The van der Waals surface area contributed by atoms with Crippen LogP contribution in [0.1, 0.15) is 21.7 Å². The molecule has 108 valence electrons. The first-order chi connectivity index (χ1) is 9.94. The number of amides is 3. The molecule has 0 saturated carbocycles. The molecule has 0 fully saturated rings. The summed E-state index contributed by atoms with van der Waals surface area (Å²) < 4.78 is 0. The van der Waals surface area contributed by atoms with Crippen molar-refractivity contribution < 1.29 is 9.59 Å². The molecule has 0 bridgehead atoms. The highest BCUT2D eigenvalue weighted by Crippen LogP contribution is 2.09. The number of hydrogen-bond donors (Lipinski definition) is 2. The summed E-state index contributed by atoms with van der Waals surface area (Å²) in [5.41, 5.74) is 1.78. The average Bonchev–Trinajstić information content (AvgIpc) is 2.37. The number of anilines is 1. The van der Waals surface area contributed by atoms with Gasteiger partial charge in [0.2, 0.25) is 5.95 Å². The number of halogens is 1. The minimum Gasteiger partial charge on any atom is -0.276 e. The average molecular weight is 305 g/mol. The molecule has 2 rings (SSSR count). The fourth-order valence-corrected chi connectivity index (χ4v) is 1.82. The van der Waals surface area contributed by atoms with Crippen LogP contribution in [0.25, 0.3) is 0 Å².